The summed E-state index contributed by atoms with van der Waals surface area (Å²) < 4.78 is 0. The summed E-state index contributed by atoms with van der Waals surface area (Å²) in [5.74, 6) is 0.488. The normalized spacial score (nSPS) is 24.7. The predicted octanol–water partition coefficient (Wildman–Crippen LogP) is 5.32. The zero-order chi connectivity index (χ0) is 15.0. The quantitative estimate of drug-likeness (QED) is 0.793. The van der Waals surface area contributed by atoms with Crippen LogP contribution in [-0.2, 0) is 12.0 Å². The number of hydrogen-bond donors (Lipinski definition) is 1. The average molecular weight is 321 g/mol. The minimum absolute atomic E-state index is 0.488. The van der Waals surface area contributed by atoms with Gasteiger partial charge in [-0.3, -0.25) is 0 Å². The highest BCUT2D eigenvalue weighted by molar-refractivity contribution is 6.35. The first-order valence-corrected chi connectivity index (χ1v) is 8.01. The summed E-state index contributed by atoms with van der Waals surface area (Å²) in [6.45, 7) is 2.22. The van der Waals surface area contributed by atoms with Gasteiger partial charge in [0.1, 0.15) is 0 Å². The fourth-order valence-electron chi connectivity index (χ4n) is 3.26. The molecule has 0 aliphatic heterocycles. The van der Waals surface area contributed by atoms with Crippen molar-refractivity contribution in [3.8, 4) is 0 Å². The molecule has 0 bridgehead atoms. The van der Waals surface area contributed by atoms with Crippen molar-refractivity contribution < 1.29 is 5.11 Å². The summed E-state index contributed by atoms with van der Waals surface area (Å²) in [5, 5.41) is 12.4. The largest absolute Gasteiger partial charge is 0.385 e. The lowest BCUT2D eigenvalue weighted by molar-refractivity contribution is 0.0159. The van der Waals surface area contributed by atoms with E-state index < -0.39 is 5.60 Å². The van der Waals surface area contributed by atoms with E-state index in [0.29, 0.717) is 22.4 Å². The lowest BCUT2D eigenvalue weighted by Gasteiger charge is -2.37. The molecule has 0 fully saturated rings. The molecule has 2 aromatic rings. The van der Waals surface area contributed by atoms with Crippen LogP contribution in [-0.4, -0.2) is 5.11 Å². The molecule has 0 saturated heterocycles. The van der Waals surface area contributed by atoms with Gasteiger partial charge in [0.15, 0.2) is 0 Å². The molecule has 1 aliphatic carbocycles. The van der Waals surface area contributed by atoms with Crippen LogP contribution in [0.15, 0.2) is 42.5 Å². The van der Waals surface area contributed by atoms with Crippen LogP contribution >= 0.6 is 23.2 Å². The van der Waals surface area contributed by atoms with Gasteiger partial charge in [0.25, 0.3) is 0 Å². The van der Waals surface area contributed by atoms with E-state index >= 15 is 0 Å². The van der Waals surface area contributed by atoms with Crippen molar-refractivity contribution >= 4 is 23.2 Å². The van der Waals surface area contributed by atoms with Crippen molar-refractivity contribution in [1.82, 2.24) is 0 Å². The van der Waals surface area contributed by atoms with Gasteiger partial charge in [0.2, 0.25) is 0 Å². The topological polar surface area (TPSA) is 20.2 Å². The molecule has 3 rings (SSSR count). The van der Waals surface area contributed by atoms with E-state index in [1.165, 1.54) is 5.56 Å². The summed E-state index contributed by atoms with van der Waals surface area (Å²) in [4.78, 5) is 0. The highest BCUT2D eigenvalue weighted by atomic mass is 35.5. The third-order valence-corrected chi connectivity index (χ3v) is 5.07. The van der Waals surface area contributed by atoms with E-state index in [9.17, 15) is 5.11 Å². The number of aliphatic hydroxyl groups is 1. The van der Waals surface area contributed by atoms with Crippen LogP contribution in [0.2, 0.25) is 10.0 Å². The van der Waals surface area contributed by atoms with Crippen LogP contribution < -0.4 is 0 Å². The van der Waals surface area contributed by atoms with E-state index in [-0.39, 0.29) is 0 Å². The van der Waals surface area contributed by atoms with Crippen LogP contribution in [0.3, 0.4) is 0 Å². The molecule has 1 aliphatic rings. The van der Waals surface area contributed by atoms with Crippen LogP contribution in [0.4, 0.5) is 0 Å². The van der Waals surface area contributed by atoms with Gasteiger partial charge in [-0.1, -0.05) is 60.5 Å². The zero-order valence-corrected chi connectivity index (χ0v) is 13.5. The fourth-order valence-corrected chi connectivity index (χ4v) is 3.74. The first-order valence-electron chi connectivity index (χ1n) is 7.25. The molecule has 2 aromatic carbocycles. The van der Waals surface area contributed by atoms with Gasteiger partial charge in [0, 0.05) is 16.5 Å². The molecule has 0 amide bonds. The minimum Gasteiger partial charge on any atom is -0.385 e. The van der Waals surface area contributed by atoms with Crippen LogP contribution in [0.25, 0.3) is 0 Å². The van der Waals surface area contributed by atoms with Gasteiger partial charge in [-0.2, -0.15) is 0 Å². The molecule has 2 unspecified atom stereocenters. The SMILES string of the molecule is CC1CCC(O)(Cc2ccc(Cl)cc2Cl)c2ccccc21. The second-order valence-electron chi connectivity index (χ2n) is 5.97. The van der Waals surface area contributed by atoms with E-state index in [2.05, 4.69) is 13.0 Å². The Bertz CT molecular complexity index is 668. The van der Waals surface area contributed by atoms with Crippen molar-refractivity contribution in [2.75, 3.05) is 0 Å². The lowest BCUT2D eigenvalue weighted by atomic mass is 9.72. The molecule has 0 heterocycles. The van der Waals surface area contributed by atoms with E-state index in [1.54, 1.807) is 6.07 Å². The number of rotatable bonds is 2. The third-order valence-electron chi connectivity index (χ3n) is 4.48. The molecule has 110 valence electrons. The van der Waals surface area contributed by atoms with Crippen LogP contribution in [0.1, 0.15) is 42.4 Å². The summed E-state index contributed by atoms with van der Waals surface area (Å²) in [6, 6.07) is 13.6. The molecular weight excluding hydrogens is 303 g/mol. The van der Waals surface area contributed by atoms with Crippen LogP contribution in [0.5, 0.6) is 0 Å². The van der Waals surface area contributed by atoms with Gasteiger partial charge >= 0.3 is 0 Å². The van der Waals surface area contributed by atoms with E-state index in [1.807, 2.05) is 30.3 Å². The molecule has 2 atom stereocenters. The Morgan fingerprint density at radius 3 is 2.71 bits per heavy atom. The number of hydrogen-bond acceptors (Lipinski definition) is 1. The lowest BCUT2D eigenvalue weighted by Crippen LogP contribution is -2.34. The van der Waals surface area contributed by atoms with Crippen molar-refractivity contribution in [2.45, 2.75) is 37.7 Å². The first-order chi connectivity index (χ1) is 9.99. The van der Waals surface area contributed by atoms with Crippen molar-refractivity contribution in [3.05, 3.63) is 69.2 Å². The Morgan fingerprint density at radius 1 is 1.19 bits per heavy atom. The van der Waals surface area contributed by atoms with Crippen molar-refractivity contribution in [2.24, 2.45) is 0 Å². The Morgan fingerprint density at radius 2 is 1.95 bits per heavy atom. The van der Waals surface area contributed by atoms with Crippen molar-refractivity contribution in [3.63, 3.8) is 0 Å². The van der Waals surface area contributed by atoms with Gasteiger partial charge in [-0.15, -0.1) is 0 Å². The molecule has 1 N–H and O–H groups in total. The summed E-state index contributed by atoms with van der Waals surface area (Å²) in [6.07, 6.45) is 2.26. The maximum absolute atomic E-state index is 11.2. The van der Waals surface area contributed by atoms with Gasteiger partial charge in [-0.25, -0.2) is 0 Å². The van der Waals surface area contributed by atoms with Gasteiger partial charge < -0.3 is 5.11 Å². The average Bonchev–Trinajstić information content (AvgIpc) is 2.47. The molecule has 0 aromatic heterocycles. The fraction of sp³-hybridized carbons (Fsp3) is 0.333. The second-order valence-corrected chi connectivity index (χ2v) is 6.81. The van der Waals surface area contributed by atoms with E-state index in [0.717, 1.165) is 24.0 Å². The predicted molar refractivity (Wildman–Crippen MR) is 88.2 cm³/mol. The van der Waals surface area contributed by atoms with Crippen LogP contribution in [0, 0.1) is 0 Å². The Kier molecular flexibility index (Phi) is 4.00. The Labute approximate surface area is 135 Å². The smallest absolute Gasteiger partial charge is 0.0940 e. The Balaban J connectivity index is 2.00. The maximum atomic E-state index is 11.2. The number of fused-ring (bicyclic) bond motifs is 1. The summed E-state index contributed by atoms with van der Waals surface area (Å²) >= 11 is 12.2. The molecular formula is C18H18Cl2O. The highest BCUT2D eigenvalue weighted by Crippen LogP contribution is 2.43. The van der Waals surface area contributed by atoms with Gasteiger partial charge in [0.05, 0.1) is 5.60 Å². The molecule has 0 spiro atoms. The molecule has 0 saturated carbocycles. The maximum Gasteiger partial charge on any atom is 0.0940 e. The zero-order valence-electron chi connectivity index (χ0n) is 11.9. The number of halogens is 2. The summed E-state index contributed by atoms with van der Waals surface area (Å²) in [5.41, 5.74) is 2.37. The third kappa shape index (κ3) is 2.83. The van der Waals surface area contributed by atoms with Gasteiger partial charge in [-0.05, 0) is 47.6 Å². The minimum atomic E-state index is -0.847. The molecule has 21 heavy (non-hydrogen) atoms. The molecule has 1 nitrogen and oxygen atoms in total. The monoisotopic (exact) mass is 320 g/mol. The second kappa shape index (κ2) is 5.64. The summed E-state index contributed by atoms with van der Waals surface area (Å²) in [7, 11) is 0. The molecule has 0 radical (unpaired) electrons. The first kappa shape index (κ1) is 14.9. The van der Waals surface area contributed by atoms with Crippen molar-refractivity contribution in [1.29, 1.82) is 0 Å². The Hall–Kier alpha value is -1.02. The highest BCUT2D eigenvalue weighted by Gasteiger charge is 2.37. The number of benzene rings is 2. The standard InChI is InChI=1S/C18H18Cl2O/c1-12-8-9-18(21,16-5-3-2-4-15(12)16)11-13-6-7-14(19)10-17(13)20/h2-7,10,12,21H,8-9,11H2,1H3. The van der Waals surface area contributed by atoms with E-state index in [4.69, 9.17) is 23.2 Å². The molecule has 3 heteroatoms.